The maximum absolute atomic E-state index is 12.8. The van der Waals surface area contributed by atoms with Crippen LogP contribution in [0, 0.1) is 0 Å². The molecule has 0 atom stereocenters. The standard InChI is InChI=1S/C13H17F3N2O2/c1-11(2)12(3,4)20-18(19-11)9-7-5-6-8(10(9)17)13(14,15)16/h5-7H,17H2,1-4H3. The lowest BCUT2D eigenvalue weighted by Crippen LogP contribution is -2.41. The highest BCUT2D eigenvalue weighted by atomic mass is 19.4. The fraction of sp³-hybridized carbons (Fsp3) is 0.538. The van der Waals surface area contributed by atoms with E-state index in [0.29, 0.717) is 0 Å². The molecule has 0 aromatic heterocycles. The molecule has 1 saturated heterocycles. The molecule has 2 rings (SSSR count). The largest absolute Gasteiger partial charge is 0.418 e. The van der Waals surface area contributed by atoms with Gasteiger partial charge in [0, 0.05) is 0 Å². The fourth-order valence-corrected chi connectivity index (χ4v) is 1.71. The maximum atomic E-state index is 12.8. The van der Waals surface area contributed by atoms with E-state index in [2.05, 4.69) is 0 Å². The second-order valence-corrected chi connectivity index (χ2v) is 5.70. The van der Waals surface area contributed by atoms with Gasteiger partial charge in [-0.15, -0.1) is 5.23 Å². The van der Waals surface area contributed by atoms with E-state index < -0.39 is 28.6 Å². The lowest BCUT2D eigenvalue weighted by Gasteiger charge is -2.26. The van der Waals surface area contributed by atoms with E-state index in [1.54, 1.807) is 27.7 Å². The first-order valence-corrected chi connectivity index (χ1v) is 6.10. The molecule has 1 aliphatic rings. The molecule has 4 nitrogen and oxygen atoms in total. The summed E-state index contributed by atoms with van der Waals surface area (Å²) < 4.78 is 38.5. The molecule has 0 radical (unpaired) electrons. The van der Waals surface area contributed by atoms with Gasteiger partial charge in [0.25, 0.3) is 0 Å². The Labute approximate surface area is 115 Å². The molecular formula is C13H17F3N2O2. The lowest BCUT2D eigenvalue weighted by atomic mass is 9.90. The number of hydrogen-bond donors (Lipinski definition) is 1. The van der Waals surface area contributed by atoms with Crippen LogP contribution >= 0.6 is 0 Å². The first-order valence-electron chi connectivity index (χ1n) is 6.10. The van der Waals surface area contributed by atoms with Crippen molar-refractivity contribution in [2.45, 2.75) is 45.1 Å². The summed E-state index contributed by atoms with van der Waals surface area (Å²) in [5.41, 5.74) is 2.91. The van der Waals surface area contributed by atoms with Gasteiger partial charge in [-0.2, -0.15) is 13.2 Å². The number of rotatable bonds is 1. The van der Waals surface area contributed by atoms with Gasteiger partial charge < -0.3 is 5.73 Å². The van der Waals surface area contributed by atoms with E-state index in [-0.39, 0.29) is 5.69 Å². The van der Waals surface area contributed by atoms with Crippen LogP contribution in [0.2, 0.25) is 0 Å². The van der Waals surface area contributed by atoms with Crippen LogP contribution in [0.15, 0.2) is 18.2 Å². The molecule has 0 spiro atoms. The fourth-order valence-electron chi connectivity index (χ4n) is 1.71. The second-order valence-electron chi connectivity index (χ2n) is 5.70. The van der Waals surface area contributed by atoms with Gasteiger partial charge >= 0.3 is 6.18 Å². The molecule has 0 bridgehead atoms. The lowest BCUT2D eigenvalue weighted by molar-refractivity contribution is -0.136. The Morgan fingerprint density at radius 1 is 1.05 bits per heavy atom. The van der Waals surface area contributed by atoms with Crippen molar-refractivity contribution in [3.05, 3.63) is 23.8 Å². The Balaban J connectivity index is 2.42. The Hall–Kier alpha value is -1.47. The zero-order chi connectivity index (χ0) is 15.3. The SMILES string of the molecule is CC1(C)ON(c2cccc(C(F)(F)F)c2N)OC1(C)C. The van der Waals surface area contributed by atoms with Crippen LogP contribution in [0.25, 0.3) is 0 Å². The highest BCUT2D eigenvalue weighted by molar-refractivity contribution is 5.70. The second kappa shape index (κ2) is 4.26. The zero-order valence-corrected chi connectivity index (χ0v) is 11.7. The van der Waals surface area contributed by atoms with Gasteiger partial charge in [-0.3, -0.25) is 0 Å². The van der Waals surface area contributed by atoms with Gasteiger partial charge in [0.05, 0.1) is 11.3 Å². The van der Waals surface area contributed by atoms with Gasteiger partial charge in [-0.05, 0) is 39.8 Å². The number of benzene rings is 1. The van der Waals surface area contributed by atoms with Crippen molar-refractivity contribution < 1.29 is 22.8 Å². The number of nitrogen functional groups attached to an aromatic ring is 1. The average Bonchev–Trinajstić information content (AvgIpc) is 2.46. The smallest absolute Gasteiger partial charge is 0.396 e. The first-order chi connectivity index (χ1) is 8.96. The number of nitrogens with zero attached hydrogens (tertiary/aromatic N) is 1. The quantitative estimate of drug-likeness (QED) is 0.804. The van der Waals surface area contributed by atoms with Crippen LogP contribution in [-0.4, -0.2) is 11.2 Å². The van der Waals surface area contributed by atoms with Crippen molar-refractivity contribution in [1.29, 1.82) is 0 Å². The van der Waals surface area contributed by atoms with E-state index in [4.69, 9.17) is 15.4 Å². The molecule has 112 valence electrons. The maximum Gasteiger partial charge on any atom is 0.418 e. The number of halogens is 3. The molecule has 0 unspecified atom stereocenters. The van der Waals surface area contributed by atoms with Crippen molar-refractivity contribution in [3.63, 3.8) is 0 Å². The third-order valence-electron chi connectivity index (χ3n) is 3.66. The predicted molar refractivity (Wildman–Crippen MR) is 68.7 cm³/mol. The number of alkyl halides is 3. The van der Waals surface area contributed by atoms with Crippen LogP contribution in [0.1, 0.15) is 33.3 Å². The molecule has 2 N–H and O–H groups in total. The highest BCUT2D eigenvalue weighted by Crippen LogP contribution is 2.44. The third kappa shape index (κ3) is 2.31. The molecule has 1 heterocycles. The summed E-state index contributed by atoms with van der Waals surface area (Å²) in [6, 6.07) is 3.60. The van der Waals surface area contributed by atoms with Crippen LogP contribution in [-0.2, 0) is 15.9 Å². The average molecular weight is 290 g/mol. The molecule has 1 fully saturated rings. The van der Waals surface area contributed by atoms with Crippen LogP contribution in [0.4, 0.5) is 24.5 Å². The number of anilines is 2. The normalized spacial score (nSPS) is 21.2. The summed E-state index contributed by atoms with van der Waals surface area (Å²) in [4.78, 5) is 11.1. The molecule has 1 aliphatic heterocycles. The van der Waals surface area contributed by atoms with E-state index in [1.165, 1.54) is 12.1 Å². The first kappa shape index (κ1) is 14.9. The van der Waals surface area contributed by atoms with Gasteiger partial charge in [0.2, 0.25) is 0 Å². The summed E-state index contributed by atoms with van der Waals surface area (Å²) in [5.74, 6) is 0. The van der Waals surface area contributed by atoms with Gasteiger partial charge in [-0.25, -0.2) is 9.68 Å². The number of hydrogen-bond acceptors (Lipinski definition) is 4. The zero-order valence-electron chi connectivity index (χ0n) is 11.7. The minimum absolute atomic E-state index is 0.0403. The molecule has 1 aromatic carbocycles. The van der Waals surface area contributed by atoms with Crippen LogP contribution in [0.5, 0.6) is 0 Å². The molecular weight excluding hydrogens is 273 g/mol. The monoisotopic (exact) mass is 290 g/mol. The Morgan fingerprint density at radius 2 is 1.55 bits per heavy atom. The molecule has 0 saturated carbocycles. The third-order valence-corrected chi connectivity index (χ3v) is 3.66. The Morgan fingerprint density at radius 3 is 2.00 bits per heavy atom. The van der Waals surface area contributed by atoms with Crippen molar-refractivity contribution in [1.82, 2.24) is 0 Å². The summed E-state index contributed by atoms with van der Waals surface area (Å²) >= 11 is 0. The molecule has 0 aliphatic carbocycles. The molecule has 20 heavy (non-hydrogen) atoms. The molecule has 0 amide bonds. The van der Waals surface area contributed by atoms with Gasteiger partial charge in [0.1, 0.15) is 16.9 Å². The summed E-state index contributed by atoms with van der Waals surface area (Å²) in [6.45, 7) is 7.15. The Bertz CT molecular complexity index is 511. The number of nitrogens with two attached hydrogens (primary N) is 1. The van der Waals surface area contributed by atoms with Gasteiger partial charge in [-0.1, -0.05) is 6.07 Å². The minimum atomic E-state index is -4.52. The van der Waals surface area contributed by atoms with Crippen molar-refractivity contribution >= 4 is 11.4 Å². The van der Waals surface area contributed by atoms with E-state index in [1.807, 2.05) is 0 Å². The summed E-state index contributed by atoms with van der Waals surface area (Å²) in [6.07, 6.45) is -4.52. The Kier molecular flexibility index (Phi) is 3.18. The van der Waals surface area contributed by atoms with Crippen molar-refractivity contribution in [2.24, 2.45) is 0 Å². The van der Waals surface area contributed by atoms with E-state index in [0.717, 1.165) is 11.3 Å². The van der Waals surface area contributed by atoms with Crippen LogP contribution in [0.3, 0.4) is 0 Å². The summed E-state index contributed by atoms with van der Waals surface area (Å²) in [5, 5.41) is 0.963. The molecule has 1 aromatic rings. The molecule has 7 heteroatoms. The van der Waals surface area contributed by atoms with E-state index >= 15 is 0 Å². The predicted octanol–water partition coefficient (Wildman–Crippen LogP) is 3.53. The minimum Gasteiger partial charge on any atom is -0.396 e. The van der Waals surface area contributed by atoms with Crippen molar-refractivity contribution in [3.8, 4) is 0 Å². The van der Waals surface area contributed by atoms with Gasteiger partial charge in [0.15, 0.2) is 0 Å². The highest BCUT2D eigenvalue weighted by Gasteiger charge is 2.50. The number of para-hydroxylation sites is 1. The van der Waals surface area contributed by atoms with Crippen molar-refractivity contribution in [2.75, 3.05) is 11.0 Å². The summed E-state index contributed by atoms with van der Waals surface area (Å²) in [7, 11) is 0. The van der Waals surface area contributed by atoms with E-state index in [9.17, 15) is 13.2 Å². The topological polar surface area (TPSA) is 47.7 Å². The van der Waals surface area contributed by atoms with Crippen LogP contribution < -0.4 is 11.0 Å².